The van der Waals surface area contributed by atoms with E-state index < -0.39 is 26.6 Å². The minimum Gasteiger partial charge on any atom is -0.381 e. The molecule has 2 aliphatic heterocycles. The summed E-state index contributed by atoms with van der Waals surface area (Å²) < 4.78 is 59.1. The molecule has 0 saturated carbocycles. The fraction of sp³-hybridized carbons (Fsp3) is 0.600. The third-order valence-electron chi connectivity index (χ3n) is 4.47. The van der Waals surface area contributed by atoms with E-state index in [1.165, 1.54) is 4.31 Å². The molecule has 1 atom stereocenters. The average Bonchev–Trinajstić information content (AvgIpc) is 3.05. The molecular formula is C15H19ClF2N2O3S. The summed E-state index contributed by atoms with van der Waals surface area (Å²) >= 11 is 5.81. The fourth-order valence-electron chi connectivity index (χ4n) is 3.12. The summed E-state index contributed by atoms with van der Waals surface area (Å²) in [6.45, 7) is 3.92. The maximum absolute atomic E-state index is 14.0. The zero-order valence-electron chi connectivity index (χ0n) is 13.1. The van der Waals surface area contributed by atoms with Crippen molar-refractivity contribution < 1.29 is 21.9 Å². The Morgan fingerprint density at radius 2 is 1.92 bits per heavy atom. The molecule has 1 aromatic rings. The van der Waals surface area contributed by atoms with E-state index in [0.29, 0.717) is 19.0 Å². The van der Waals surface area contributed by atoms with Crippen LogP contribution >= 0.6 is 11.6 Å². The van der Waals surface area contributed by atoms with E-state index in [-0.39, 0.29) is 18.1 Å². The van der Waals surface area contributed by atoms with E-state index in [9.17, 15) is 17.2 Å². The van der Waals surface area contributed by atoms with Gasteiger partial charge in [-0.2, -0.15) is 4.31 Å². The third kappa shape index (κ3) is 3.57. The fourth-order valence-corrected chi connectivity index (χ4v) is 5.10. The number of benzene rings is 1. The number of piperazine rings is 1. The zero-order valence-corrected chi connectivity index (χ0v) is 14.6. The van der Waals surface area contributed by atoms with Crippen LogP contribution in [0, 0.1) is 17.6 Å². The van der Waals surface area contributed by atoms with Crippen molar-refractivity contribution in [3.05, 3.63) is 28.8 Å². The number of nitrogens with zero attached hydrogens (tertiary/aromatic N) is 2. The first-order valence-corrected chi connectivity index (χ1v) is 9.65. The summed E-state index contributed by atoms with van der Waals surface area (Å²) in [5, 5.41) is -0.306. The van der Waals surface area contributed by atoms with Crippen LogP contribution in [-0.2, 0) is 14.8 Å². The molecule has 2 fully saturated rings. The van der Waals surface area contributed by atoms with Crippen LogP contribution in [0.25, 0.3) is 0 Å². The van der Waals surface area contributed by atoms with E-state index in [1.54, 1.807) is 0 Å². The predicted molar refractivity (Wildman–Crippen MR) is 85.5 cm³/mol. The smallest absolute Gasteiger partial charge is 0.247 e. The topological polar surface area (TPSA) is 49.9 Å². The lowest BCUT2D eigenvalue weighted by atomic mass is 10.1. The van der Waals surface area contributed by atoms with Crippen LogP contribution in [0.1, 0.15) is 6.42 Å². The van der Waals surface area contributed by atoms with Crippen molar-refractivity contribution in [2.75, 3.05) is 45.9 Å². The molecular weight excluding hydrogens is 362 g/mol. The summed E-state index contributed by atoms with van der Waals surface area (Å²) in [7, 11) is -4.16. The first kappa shape index (κ1) is 18.0. The van der Waals surface area contributed by atoms with Crippen molar-refractivity contribution in [2.24, 2.45) is 5.92 Å². The lowest BCUT2D eigenvalue weighted by molar-refractivity contribution is 0.143. The molecule has 1 aromatic carbocycles. The van der Waals surface area contributed by atoms with Gasteiger partial charge in [0.2, 0.25) is 10.0 Å². The van der Waals surface area contributed by atoms with Gasteiger partial charge in [0.05, 0.1) is 11.6 Å². The molecule has 0 amide bonds. The van der Waals surface area contributed by atoms with Gasteiger partial charge in [0.15, 0.2) is 11.6 Å². The molecule has 0 bridgehead atoms. The summed E-state index contributed by atoms with van der Waals surface area (Å²) in [5.41, 5.74) is 0. The molecule has 0 spiro atoms. The van der Waals surface area contributed by atoms with Gasteiger partial charge in [-0.1, -0.05) is 11.6 Å². The second-order valence-corrected chi connectivity index (χ2v) is 8.39. The summed E-state index contributed by atoms with van der Waals surface area (Å²) in [5.74, 6) is -2.17. The number of ether oxygens (including phenoxy) is 1. The molecule has 0 aliphatic carbocycles. The standard InChI is InChI=1S/C15H19ClF2N2O3S/c16-12-1-2-13(17)14(18)15(12)24(21,22)20-6-4-19(5-7-20)9-11-3-8-23-10-11/h1-2,11H,3-10H2/t11-/m1/s1. The lowest BCUT2D eigenvalue weighted by Gasteiger charge is -2.35. The molecule has 0 unspecified atom stereocenters. The number of sulfonamides is 1. The average molecular weight is 381 g/mol. The van der Waals surface area contributed by atoms with Crippen molar-refractivity contribution in [3.8, 4) is 0 Å². The normalized spacial score (nSPS) is 23.7. The Labute approximate surface area is 145 Å². The minimum absolute atomic E-state index is 0.224. The van der Waals surface area contributed by atoms with Gasteiger partial charge < -0.3 is 9.64 Å². The largest absolute Gasteiger partial charge is 0.381 e. The molecule has 5 nitrogen and oxygen atoms in total. The van der Waals surface area contributed by atoms with Gasteiger partial charge in [-0.05, 0) is 24.5 Å². The lowest BCUT2D eigenvalue weighted by Crippen LogP contribution is -2.49. The first-order chi connectivity index (χ1) is 11.4. The minimum atomic E-state index is -4.16. The number of halogens is 3. The Morgan fingerprint density at radius 1 is 1.21 bits per heavy atom. The second kappa shape index (κ2) is 7.21. The van der Waals surface area contributed by atoms with Crippen LogP contribution in [0.15, 0.2) is 17.0 Å². The van der Waals surface area contributed by atoms with E-state index in [2.05, 4.69) is 4.90 Å². The maximum Gasteiger partial charge on any atom is 0.247 e. The Kier molecular flexibility index (Phi) is 5.41. The van der Waals surface area contributed by atoms with Gasteiger partial charge in [0.25, 0.3) is 0 Å². The second-order valence-electron chi connectivity index (χ2n) is 6.11. The van der Waals surface area contributed by atoms with Crippen molar-refractivity contribution >= 4 is 21.6 Å². The van der Waals surface area contributed by atoms with Gasteiger partial charge in [-0.15, -0.1) is 0 Å². The van der Waals surface area contributed by atoms with Crippen molar-refractivity contribution in [3.63, 3.8) is 0 Å². The Bertz CT molecular complexity index is 703. The van der Waals surface area contributed by atoms with Crippen molar-refractivity contribution in [2.45, 2.75) is 11.3 Å². The molecule has 0 radical (unpaired) electrons. The first-order valence-electron chi connectivity index (χ1n) is 7.83. The number of hydrogen-bond donors (Lipinski definition) is 0. The molecule has 3 rings (SSSR count). The van der Waals surface area contributed by atoms with Gasteiger partial charge >= 0.3 is 0 Å². The molecule has 24 heavy (non-hydrogen) atoms. The number of hydrogen-bond acceptors (Lipinski definition) is 4. The SMILES string of the molecule is O=S(=O)(c1c(Cl)ccc(F)c1F)N1CCN(C[C@H]2CCOC2)CC1. The quantitative estimate of drug-likeness (QED) is 0.749. The van der Waals surface area contributed by atoms with Crippen molar-refractivity contribution in [1.82, 2.24) is 9.21 Å². The van der Waals surface area contributed by atoms with Crippen molar-refractivity contribution in [1.29, 1.82) is 0 Å². The Morgan fingerprint density at radius 3 is 2.54 bits per heavy atom. The highest BCUT2D eigenvalue weighted by molar-refractivity contribution is 7.89. The molecule has 2 aliphatic rings. The highest BCUT2D eigenvalue weighted by atomic mass is 35.5. The van der Waals surface area contributed by atoms with Crippen LogP contribution in [0.2, 0.25) is 5.02 Å². The highest BCUT2D eigenvalue weighted by Gasteiger charge is 2.34. The van der Waals surface area contributed by atoms with Crippen LogP contribution in [0.4, 0.5) is 8.78 Å². The van der Waals surface area contributed by atoms with E-state index >= 15 is 0 Å². The van der Waals surface area contributed by atoms with Crippen LogP contribution < -0.4 is 0 Å². The monoisotopic (exact) mass is 380 g/mol. The number of rotatable bonds is 4. The van der Waals surface area contributed by atoms with Crippen LogP contribution in [-0.4, -0.2) is 63.6 Å². The van der Waals surface area contributed by atoms with Gasteiger partial charge in [-0.25, -0.2) is 17.2 Å². The summed E-state index contributed by atoms with van der Waals surface area (Å²) in [4.78, 5) is 1.40. The predicted octanol–water partition coefficient (Wildman–Crippen LogP) is 1.96. The summed E-state index contributed by atoms with van der Waals surface area (Å²) in [6, 6.07) is 1.88. The van der Waals surface area contributed by atoms with Gasteiger partial charge in [-0.3, -0.25) is 0 Å². The zero-order chi connectivity index (χ0) is 17.3. The van der Waals surface area contributed by atoms with E-state index in [1.807, 2.05) is 0 Å². The van der Waals surface area contributed by atoms with Crippen LogP contribution in [0.5, 0.6) is 0 Å². The molecule has 0 N–H and O–H groups in total. The molecule has 134 valence electrons. The van der Waals surface area contributed by atoms with E-state index in [0.717, 1.165) is 38.3 Å². The molecule has 9 heteroatoms. The molecule has 0 aromatic heterocycles. The van der Waals surface area contributed by atoms with Gasteiger partial charge in [0.1, 0.15) is 4.90 Å². The van der Waals surface area contributed by atoms with E-state index in [4.69, 9.17) is 16.3 Å². The van der Waals surface area contributed by atoms with Crippen LogP contribution in [0.3, 0.4) is 0 Å². The molecule has 2 saturated heterocycles. The highest BCUT2D eigenvalue weighted by Crippen LogP contribution is 2.29. The maximum atomic E-state index is 14.0. The third-order valence-corrected chi connectivity index (χ3v) is 6.86. The summed E-state index contributed by atoms with van der Waals surface area (Å²) in [6.07, 6.45) is 1.02. The Balaban J connectivity index is 1.70. The molecule has 2 heterocycles. The van der Waals surface area contributed by atoms with Gasteiger partial charge in [0, 0.05) is 39.3 Å². The Hall–Kier alpha value is -0.800.